The van der Waals surface area contributed by atoms with Crippen molar-refractivity contribution in [3.63, 3.8) is 0 Å². The molecule has 94 valence electrons. The SMILES string of the molecule is c1ccc(NCc2nc(-c3ncccn3)no2)cc1. The van der Waals surface area contributed by atoms with Crippen LogP contribution in [-0.2, 0) is 6.54 Å². The molecule has 0 aliphatic rings. The van der Waals surface area contributed by atoms with Crippen LogP contribution in [0.15, 0.2) is 53.3 Å². The highest BCUT2D eigenvalue weighted by atomic mass is 16.5. The number of benzene rings is 1. The maximum absolute atomic E-state index is 5.14. The maximum atomic E-state index is 5.14. The molecule has 1 N–H and O–H groups in total. The predicted octanol–water partition coefficient (Wildman–Crippen LogP) is 2.14. The summed E-state index contributed by atoms with van der Waals surface area (Å²) in [4.78, 5) is 12.4. The van der Waals surface area contributed by atoms with Gasteiger partial charge in [0.05, 0.1) is 6.54 Å². The van der Waals surface area contributed by atoms with Gasteiger partial charge in [0.25, 0.3) is 0 Å². The summed E-state index contributed by atoms with van der Waals surface area (Å²) < 4.78 is 5.14. The standard InChI is InChI=1S/C13H11N5O/c1-2-5-10(6-3-1)16-9-11-17-13(18-19-11)12-14-7-4-8-15-12/h1-8,16H,9H2. The molecule has 6 nitrogen and oxygen atoms in total. The van der Waals surface area contributed by atoms with Crippen LogP contribution in [0.25, 0.3) is 11.6 Å². The zero-order chi connectivity index (χ0) is 12.9. The van der Waals surface area contributed by atoms with Gasteiger partial charge in [-0.25, -0.2) is 9.97 Å². The Hall–Kier alpha value is -2.76. The van der Waals surface area contributed by atoms with Crippen LogP contribution in [0.3, 0.4) is 0 Å². The predicted molar refractivity (Wildman–Crippen MR) is 69.1 cm³/mol. The van der Waals surface area contributed by atoms with Gasteiger partial charge in [-0.15, -0.1) is 0 Å². The number of nitrogens with zero attached hydrogens (tertiary/aromatic N) is 4. The average Bonchev–Trinajstić information content (AvgIpc) is 2.96. The maximum Gasteiger partial charge on any atom is 0.246 e. The highest BCUT2D eigenvalue weighted by Crippen LogP contribution is 2.11. The van der Waals surface area contributed by atoms with Gasteiger partial charge in [0.1, 0.15) is 0 Å². The number of hydrogen-bond acceptors (Lipinski definition) is 6. The second kappa shape index (κ2) is 5.26. The fourth-order valence-electron chi connectivity index (χ4n) is 1.57. The molecule has 0 amide bonds. The van der Waals surface area contributed by atoms with E-state index in [1.54, 1.807) is 18.5 Å². The van der Waals surface area contributed by atoms with E-state index in [2.05, 4.69) is 25.4 Å². The Morgan fingerprint density at radius 1 is 0.947 bits per heavy atom. The molecule has 0 saturated carbocycles. The molecule has 2 aromatic heterocycles. The molecule has 0 unspecified atom stereocenters. The topological polar surface area (TPSA) is 76.7 Å². The molecule has 0 saturated heterocycles. The third-order valence-corrected chi connectivity index (χ3v) is 2.45. The molecule has 3 aromatic rings. The van der Waals surface area contributed by atoms with Gasteiger partial charge in [0.2, 0.25) is 17.5 Å². The van der Waals surface area contributed by atoms with Crippen LogP contribution < -0.4 is 5.32 Å². The van der Waals surface area contributed by atoms with Crippen LogP contribution >= 0.6 is 0 Å². The summed E-state index contributed by atoms with van der Waals surface area (Å²) in [5.41, 5.74) is 0.998. The first-order valence-corrected chi connectivity index (χ1v) is 5.81. The Bertz CT molecular complexity index is 638. The molecule has 19 heavy (non-hydrogen) atoms. The van der Waals surface area contributed by atoms with E-state index in [1.165, 1.54) is 0 Å². The van der Waals surface area contributed by atoms with Gasteiger partial charge in [0, 0.05) is 18.1 Å². The van der Waals surface area contributed by atoms with Gasteiger partial charge in [-0.3, -0.25) is 0 Å². The monoisotopic (exact) mass is 253 g/mol. The third kappa shape index (κ3) is 2.74. The minimum Gasteiger partial charge on any atom is -0.376 e. The smallest absolute Gasteiger partial charge is 0.246 e. The van der Waals surface area contributed by atoms with Crippen LogP contribution in [0.2, 0.25) is 0 Å². The van der Waals surface area contributed by atoms with Crippen LogP contribution in [-0.4, -0.2) is 20.1 Å². The molecule has 0 bridgehead atoms. The summed E-state index contributed by atoms with van der Waals surface area (Å²) in [6.07, 6.45) is 3.28. The Morgan fingerprint density at radius 2 is 1.74 bits per heavy atom. The third-order valence-electron chi connectivity index (χ3n) is 2.45. The Labute approximate surface area is 109 Å². The van der Waals surface area contributed by atoms with E-state index in [0.29, 0.717) is 24.1 Å². The number of aromatic nitrogens is 4. The quantitative estimate of drug-likeness (QED) is 0.767. The summed E-state index contributed by atoms with van der Waals surface area (Å²) >= 11 is 0. The van der Waals surface area contributed by atoms with Crippen molar-refractivity contribution in [3.8, 4) is 11.6 Å². The van der Waals surface area contributed by atoms with E-state index < -0.39 is 0 Å². The van der Waals surface area contributed by atoms with Crippen molar-refractivity contribution in [2.45, 2.75) is 6.54 Å². The molecule has 3 rings (SSSR count). The first kappa shape index (κ1) is 11.3. The zero-order valence-electron chi connectivity index (χ0n) is 10.0. The lowest BCUT2D eigenvalue weighted by Crippen LogP contribution is -1.99. The van der Waals surface area contributed by atoms with Crippen molar-refractivity contribution < 1.29 is 4.52 Å². The lowest BCUT2D eigenvalue weighted by Gasteiger charge is -2.01. The molecular weight excluding hydrogens is 242 g/mol. The van der Waals surface area contributed by atoms with Gasteiger partial charge in [-0.1, -0.05) is 23.4 Å². The summed E-state index contributed by atoms with van der Waals surface area (Å²) in [5, 5.41) is 7.04. The first-order chi connectivity index (χ1) is 9.42. The number of para-hydroxylation sites is 1. The van der Waals surface area contributed by atoms with E-state index in [1.807, 2.05) is 30.3 Å². The molecule has 0 radical (unpaired) electrons. The lowest BCUT2D eigenvalue weighted by molar-refractivity contribution is 0.384. The van der Waals surface area contributed by atoms with Gasteiger partial charge >= 0.3 is 0 Å². The van der Waals surface area contributed by atoms with E-state index in [4.69, 9.17) is 4.52 Å². The number of hydrogen-bond donors (Lipinski definition) is 1. The van der Waals surface area contributed by atoms with E-state index in [-0.39, 0.29) is 0 Å². The first-order valence-electron chi connectivity index (χ1n) is 5.81. The molecule has 2 heterocycles. The number of anilines is 1. The fraction of sp³-hybridized carbons (Fsp3) is 0.0769. The molecule has 1 aromatic carbocycles. The normalized spacial score (nSPS) is 10.3. The molecule has 0 atom stereocenters. The van der Waals surface area contributed by atoms with E-state index >= 15 is 0 Å². The van der Waals surface area contributed by atoms with Gasteiger partial charge in [-0.2, -0.15) is 4.98 Å². The summed E-state index contributed by atoms with van der Waals surface area (Å²) in [6, 6.07) is 11.6. The lowest BCUT2D eigenvalue weighted by atomic mass is 10.3. The molecule has 0 fully saturated rings. The molecule has 0 aliphatic heterocycles. The Kier molecular flexibility index (Phi) is 3.14. The minimum absolute atomic E-state index is 0.394. The van der Waals surface area contributed by atoms with Crippen LogP contribution in [0.5, 0.6) is 0 Å². The highest BCUT2D eigenvalue weighted by Gasteiger charge is 2.09. The largest absolute Gasteiger partial charge is 0.376 e. The van der Waals surface area contributed by atoms with Crippen molar-refractivity contribution in [2.24, 2.45) is 0 Å². The van der Waals surface area contributed by atoms with Crippen molar-refractivity contribution >= 4 is 5.69 Å². The molecular formula is C13H11N5O. The number of nitrogens with one attached hydrogen (secondary N) is 1. The summed E-state index contributed by atoms with van der Waals surface area (Å²) in [7, 11) is 0. The van der Waals surface area contributed by atoms with Crippen molar-refractivity contribution in [2.75, 3.05) is 5.32 Å². The van der Waals surface area contributed by atoms with Crippen LogP contribution in [0, 0.1) is 0 Å². The second-order valence-electron chi connectivity index (χ2n) is 3.80. The van der Waals surface area contributed by atoms with Gasteiger partial charge in [0.15, 0.2) is 0 Å². The van der Waals surface area contributed by atoms with Crippen molar-refractivity contribution in [1.82, 2.24) is 20.1 Å². The van der Waals surface area contributed by atoms with Gasteiger partial charge in [-0.05, 0) is 18.2 Å². The molecule has 0 spiro atoms. The molecule has 0 aliphatic carbocycles. The Balaban J connectivity index is 1.69. The minimum atomic E-state index is 0.394. The van der Waals surface area contributed by atoms with Crippen LogP contribution in [0.1, 0.15) is 5.89 Å². The number of rotatable bonds is 4. The van der Waals surface area contributed by atoms with Crippen molar-refractivity contribution in [1.29, 1.82) is 0 Å². The Morgan fingerprint density at radius 3 is 2.53 bits per heavy atom. The highest BCUT2D eigenvalue weighted by molar-refractivity contribution is 5.43. The second-order valence-corrected chi connectivity index (χ2v) is 3.80. The van der Waals surface area contributed by atoms with E-state index in [9.17, 15) is 0 Å². The van der Waals surface area contributed by atoms with E-state index in [0.717, 1.165) is 5.69 Å². The van der Waals surface area contributed by atoms with Crippen molar-refractivity contribution in [3.05, 3.63) is 54.7 Å². The fourth-order valence-corrected chi connectivity index (χ4v) is 1.57. The summed E-state index contributed by atoms with van der Waals surface area (Å²) in [5.74, 6) is 1.34. The van der Waals surface area contributed by atoms with Gasteiger partial charge < -0.3 is 9.84 Å². The van der Waals surface area contributed by atoms with Crippen LogP contribution in [0.4, 0.5) is 5.69 Å². The average molecular weight is 253 g/mol. The molecule has 6 heteroatoms. The summed E-state index contributed by atoms with van der Waals surface area (Å²) in [6.45, 7) is 0.462. The zero-order valence-corrected chi connectivity index (χ0v) is 10.0.